The lowest BCUT2D eigenvalue weighted by Crippen LogP contribution is -2.30. The van der Waals surface area contributed by atoms with Gasteiger partial charge in [0.1, 0.15) is 0 Å². The largest absolute Gasteiger partial charge is 0.314 e. The Morgan fingerprint density at radius 1 is 1.40 bits per heavy atom. The fourth-order valence-electron chi connectivity index (χ4n) is 1.72. The predicted octanol–water partition coefficient (Wildman–Crippen LogP) is 4.11. The molecular weight excluding hydrogens is 226 g/mol. The second kappa shape index (κ2) is 7.26. The Bertz CT molecular complexity index is 272. The normalized spacial score (nSPS) is 13.0. The highest BCUT2D eigenvalue weighted by Crippen LogP contribution is 2.23. The summed E-state index contributed by atoms with van der Waals surface area (Å²) in [6.45, 7) is 5.46. The molecule has 1 rings (SSSR count). The number of hydrogen-bond donors (Lipinski definition) is 1. The van der Waals surface area contributed by atoms with Crippen molar-refractivity contribution in [3.05, 3.63) is 21.3 Å². The molecule has 0 radical (unpaired) electrons. The first-order valence-electron chi connectivity index (χ1n) is 5.73. The summed E-state index contributed by atoms with van der Waals surface area (Å²) in [6, 6.07) is 4.75. The van der Waals surface area contributed by atoms with Crippen molar-refractivity contribution in [1.29, 1.82) is 0 Å². The number of halogens is 1. The summed E-state index contributed by atoms with van der Waals surface area (Å²) < 4.78 is 0.899. The van der Waals surface area contributed by atoms with Crippen molar-refractivity contribution in [1.82, 2.24) is 5.32 Å². The molecule has 1 nitrogen and oxygen atoms in total. The maximum absolute atomic E-state index is 5.92. The molecule has 15 heavy (non-hydrogen) atoms. The standard InChI is InChI=1S/C12H20ClNS/c1-3-5-6-10(14-4-2)9-11-7-8-12(13)15-11/h7-8,10,14H,3-6,9H2,1-2H3. The number of hydrogen-bond acceptors (Lipinski definition) is 2. The summed E-state index contributed by atoms with van der Waals surface area (Å²) in [5.41, 5.74) is 0. The van der Waals surface area contributed by atoms with E-state index in [0.29, 0.717) is 6.04 Å². The van der Waals surface area contributed by atoms with Gasteiger partial charge in [0, 0.05) is 10.9 Å². The predicted molar refractivity (Wildman–Crippen MR) is 70.0 cm³/mol. The average Bonchev–Trinajstić information content (AvgIpc) is 2.61. The van der Waals surface area contributed by atoms with E-state index in [4.69, 9.17) is 11.6 Å². The Morgan fingerprint density at radius 3 is 2.73 bits per heavy atom. The molecule has 1 heterocycles. The minimum atomic E-state index is 0.615. The van der Waals surface area contributed by atoms with Gasteiger partial charge in [-0.2, -0.15) is 0 Å². The smallest absolute Gasteiger partial charge is 0.0931 e. The van der Waals surface area contributed by atoms with E-state index in [0.717, 1.165) is 17.3 Å². The summed E-state index contributed by atoms with van der Waals surface area (Å²) in [5, 5.41) is 3.54. The second-order valence-electron chi connectivity index (χ2n) is 3.81. The quantitative estimate of drug-likeness (QED) is 0.762. The summed E-state index contributed by atoms with van der Waals surface area (Å²) in [5.74, 6) is 0. The van der Waals surface area contributed by atoms with Gasteiger partial charge in [-0.3, -0.25) is 0 Å². The maximum atomic E-state index is 5.92. The van der Waals surface area contributed by atoms with Crippen LogP contribution in [0.2, 0.25) is 4.34 Å². The first-order valence-corrected chi connectivity index (χ1v) is 6.93. The summed E-state index contributed by atoms with van der Waals surface area (Å²) >= 11 is 7.62. The van der Waals surface area contributed by atoms with Crippen LogP contribution in [-0.2, 0) is 6.42 Å². The van der Waals surface area contributed by atoms with Gasteiger partial charge >= 0.3 is 0 Å². The maximum Gasteiger partial charge on any atom is 0.0931 e. The van der Waals surface area contributed by atoms with Crippen molar-refractivity contribution >= 4 is 22.9 Å². The van der Waals surface area contributed by atoms with Gasteiger partial charge < -0.3 is 5.32 Å². The van der Waals surface area contributed by atoms with E-state index in [-0.39, 0.29) is 0 Å². The van der Waals surface area contributed by atoms with E-state index in [2.05, 4.69) is 25.2 Å². The first-order chi connectivity index (χ1) is 7.26. The molecule has 1 aromatic heterocycles. The zero-order valence-corrected chi connectivity index (χ0v) is 11.1. The highest BCUT2D eigenvalue weighted by molar-refractivity contribution is 7.16. The van der Waals surface area contributed by atoms with Gasteiger partial charge in [0.15, 0.2) is 0 Å². The topological polar surface area (TPSA) is 12.0 Å². The van der Waals surface area contributed by atoms with E-state index in [1.807, 2.05) is 6.07 Å². The van der Waals surface area contributed by atoms with Crippen LogP contribution in [0.25, 0.3) is 0 Å². The lowest BCUT2D eigenvalue weighted by atomic mass is 10.1. The van der Waals surface area contributed by atoms with E-state index in [9.17, 15) is 0 Å². The Balaban J connectivity index is 2.42. The highest BCUT2D eigenvalue weighted by atomic mass is 35.5. The number of rotatable bonds is 7. The molecule has 0 saturated carbocycles. The molecule has 0 aliphatic rings. The molecule has 0 aliphatic heterocycles. The van der Waals surface area contributed by atoms with Gasteiger partial charge in [0.2, 0.25) is 0 Å². The number of likely N-dealkylation sites (N-methyl/N-ethyl adjacent to an activating group) is 1. The van der Waals surface area contributed by atoms with Gasteiger partial charge in [-0.15, -0.1) is 11.3 Å². The van der Waals surface area contributed by atoms with Crippen LogP contribution in [0, 0.1) is 0 Å². The van der Waals surface area contributed by atoms with Gasteiger partial charge in [0.05, 0.1) is 4.34 Å². The molecule has 0 bridgehead atoms. The third-order valence-electron chi connectivity index (χ3n) is 2.48. The molecule has 3 heteroatoms. The van der Waals surface area contributed by atoms with Crippen LogP contribution < -0.4 is 5.32 Å². The summed E-state index contributed by atoms with van der Waals surface area (Å²) in [4.78, 5) is 1.39. The van der Waals surface area contributed by atoms with Crippen LogP contribution in [0.4, 0.5) is 0 Å². The van der Waals surface area contributed by atoms with E-state index in [1.54, 1.807) is 11.3 Å². The highest BCUT2D eigenvalue weighted by Gasteiger charge is 2.09. The summed E-state index contributed by atoms with van der Waals surface area (Å²) in [7, 11) is 0. The molecule has 0 fully saturated rings. The van der Waals surface area contributed by atoms with Crippen molar-refractivity contribution in [3.63, 3.8) is 0 Å². The van der Waals surface area contributed by atoms with Crippen molar-refractivity contribution in [2.75, 3.05) is 6.54 Å². The molecule has 0 aliphatic carbocycles. The molecule has 0 amide bonds. The van der Waals surface area contributed by atoms with Gasteiger partial charge in [0.25, 0.3) is 0 Å². The van der Waals surface area contributed by atoms with Crippen LogP contribution in [0.3, 0.4) is 0 Å². The van der Waals surface area contributed by atoms with Crippen molar-refractivity contribution in [2.24, 2.45) is 0 Å². The van der Waals surface area contributed by atoms with Crippen LogP contribution in [0.15, 0.2) is 12.1 Å². The van der Waals surface area contributed by atoms with E-state index < -0.39 is 0 Å². The Kier molecular flexibility index (Phi) is 6.30. The second-order valence-corrected chi connectivity index (χ2v) is 5.61. The third kappa shape index (κ3) is 5.01. The van der Waals surface area contributed by atoms with Gasteiger partial charge in [-0.05, 0) is 31.5 Å². The lowest BCUT2D eigenvalue weighted by molar-refractivity contribution is 0.476. The third-order valence-corrected chi connectivity index (χ3v) is 3.73. The van der Waals surface area contributed by atoms with Gasteiger partial charge in [-0.25, -0.2) is 0 Å². The van der Waals surface area contributed by atoms with Crippen LogP contribution in [0.5, 0.6) is 0 Å². The molecular formula is C12H20ClNS. The fourth-order valence-corrected chi connectivity index (χ4v) is 2.89. The molecule has 1 aromatic rings. The van der Waals surface area contributed by atoms with Crippen molar-refractivity contribution in [3.8, 4) is 0 Å². The molecule has 1 N–H and O–H groups in total. The summed E-state index contributed by atoms with van der Waals surface area (Å²) in [6.07, 6.45) is 4.95. The minimum Gasteiger partial charge on any atom is -0.314 e. The minimum absolute atomic E-state index is 0.615. The molecule has 0 spiro atoms. The molecule has 1 atom stereocenters. The van der Waals surface area contributed by atoms with E-state index in [1.165, 1.54) is 24.1 Å². The van der Waals surface area contributed by atoms with Crippen LogP contribution >= 0.6 is 22.9 Å². The average molecular weight is 246 g/mol. The monoisotopic (exact) mass is 245 g/mol. The number of thiophene rings is 1. The Hall–Kier alpha value is -0.0500. The Morgan fingerprint density at radius 2 is 2.20 bits per heavy atom. The van der Waals surface area contributed by atoms with Crippen LogP contribution in [0.1, 0.15) is 38.0 Å². The SMILES string of the molecule is CCCCC(Cc1ccc(Cl)s1)NCC. The molecule has 0 saturated heterocycles. The van der Waals surface area contributed by atoms with Crippen molar-refractivity contribution < 1.29 is 0 Å². The first kappa shape index (κ1) is 13.0. The zero-order chi connectivity index (χ0) is 11.1. The van der Waals surface area contributed by atoms with Crippen LogP contribution in [-0.4, -0.2) is 12.6 Å². The molecule has 1 unspecified atom stereocenters. The fraction of sp³-hybridized carbons (Fsp3) is 0.667. The van der Waals surface area contributed by atoms with Crippen molar-refractivity contribution in [2.45, 2.75) is 45.6 Å². The Labute approximate surface area is 102 Å². The van der Waals surface area contributed by atoms with Gasteiger partial charge in [-0.1, -0.05) is 38.3 Å². The molecule has 0 aromatic carbocycles. The number of nitrogens with one attached hydrogen (secondary N) is 1. The zero-order valence-electron chi connectivity index (χ0n) is 9.55. The number of unbranched alkanes of at least 4 members (excludes halogenated alkanes) is 1. The van der Waals surface area contributed by atoms with E-state index >= 15 is 0 Å². The molecule has 86 valence electrons. The lowest BCUT2D eigenvalue weighted by Gasteiger charge is -2.16.